The molecule has 1 amide bonds. The Balaban J connectivity index is 1.75. The number of benzene rings is 1. The van der Waals surface area contributed by atoms with Crippen LogP contribution in [0.25, 0.3) is 0 Å². The summed E-state index contributed by atoms with van der Waals surface area (Å²) in [5.74, 6) is -0.178. The zero-order valence-electron chi connectivity index (χ0n) is 14.6. The van der Waals surface area contributed by atoms with Crippen molar-refractivity contribution in [3.63, 3.8) is 0 Å². The molecule has 2 heterocycles. The summed E-state index contributed by atoms with van der Waals surface area (Å²) in [5, 5.41) is 2.62. The molecule has 0 aliphatic carbocycles. The summed E-state index contributed by atoms with van der Waals surface area (Å²) >= 11 is 0. The smallest absolute Gasteiger partial charge is 0.258 e. The molecular formula is C17H20N4O4S. The van der Waals surface area contributed by atoms with E-state index in [0.29, 0.717) is 31.9 Å². The highest BCUT2D eigenvalue weighted by Gasteiger charge is 2.26. The first-order valence-electron chi connectivity index (χ1n) is 8.18. The molecular weight excluding hydrogens is 356 g/mol. The predicted octanol–water partition coefficient (Wildman–Crippen LogP) is 1.37. The van der Waals surface area contributed by atoms with E-state index in [1.54, 1.807) is 6.07 Å². The Morgan fingerprint density at radius 2 is 1.65 bits per heavy atom. The lowest BCUT2D eigenvalue weighted by Gasteiger charge is -2.26. The van der Waals surface area contributed by atoms with Crippen molar-refractivity contribution < 1.29 is 17.9 Å². The molecule has 1 saturated heterocycles. The van der Waals surface area contributed by atoms with E-state index in [1.165, 1.54) is 28.6 Å². The van der Waals surface area contributed by atoms with E-state index in [2.05, 4.69) is 15.3 Å². The van der Waals surface area contributed by atoms with Crippen LogP contribution in [0.2, 0.25) is 0 Å². The third kappa shape index (κ3) is 4.06. The highest BCUT2D eigenvalue weighted by atomic mass is 32.2. The van der Waals surface area contributed by atoms with Gasteiger partial charge in [0.25, 0.3) is 5.91 Å². The molecule has 0 unspecified atom stereocenters. The Bertz CT molecular complexity index is 887. The minimum Gasteiger partial charge on any atom is -0.379 e. The molecule has 0 bridgehead atoms. The Morgan fingerprint density at radius 1 is 1.08 bits per heavy atom. The first kappa shape index (κ1) is 18.4. The van der Waals surface area contributed by atoms with Crippen LogP contribution in [0, 0.1) is 13.8 Å². The number of sulfonamides is 1. The van der Waals surface area contributed by atoms with Gasteiger partial charge in [0, 0.05) is 30.0 Å². The van der Waals surface area contributed by atoms with Crippen LogP contribution in [0.3, 0.4) is 0 Å². The predicted molar refractivity (Wildman–Crippen MR) is 95.5 cm³/mol. The molecule has 0 spiro atoms. The molecule has 0 radical (unpaired) electrons. The van der Waals surface area contributed by atoms with E-state index in [-0.39, 0.29) is 10.8 Å². The molecule has 26 heavy (non-hydrogen) atoms. The number of carbonyl (C=O) groups is 1. The summed E-state index contributed by atoms with van der Waals surface area (Å²) in [6, 6.07) is 7.63. The standard InChI is InChI=1S/C17H20N4O4S/c1-12-11-13(2)19-17(18-12)20-16(22)14-3-5-15(6-4-14)26(23,24)21-7-9-25-10-8-21/h3-6,11H,7-10H2,1-2H3,(H,18,19,20,22). The van der Waals surface area contributed by atoms with Gasteiger partial charge in [0.15, 0.2) is 0 Å². The molecule has 1 fully saturated rings. The molecule has 1 aromatic heterocycles. The minimum absolute atomic E-state index is 0.151. The van der Waals surface area contributed by atoms with Crippen LogP contribution in [0.4, 0.5) is 5.95 Å². The summed E-state index contributed by atoms with van der Waals surface area (Å²) < 4.78 is 31.7. The van der Waals surface area contributed by atoms with Crippen molar-refractivity contribution in [3.8, 4) is 0 Å². The summed E-state index contributed by atoms with van der Waals surface area (Å²) in [4.78, 5) is 20.8. The highest BCUT2D eigenvalue weighted by molar-refractivity contribution is 7.89. The number of amides is 1. The van der Waals surface area contributed by atoms with Gasteiger partial charge in [-0.15, -0.1) is 0 Å². The third-order valence-corrected chi connectivity index (χ3v) is 5.84. The number of hydrogen-bond acceptors (Lipinski definition) is 6. The van der Waals surface area contributed by atoms with Crippen LogP contribution < -0.4 is 5.32 Å². The fraction of sp³-hybridized carbons (Fsp3) is 0.353. The average Bonchev–Trinajstić information content (AvgIpc) is 2.61. The SMILES string of the molecule is Cc1cc(C)nc(NC(=O)c2ccc(S(=O)(=O)N3CCOCC3)cc2)n1. The van der Waals surface area contributed by atoms with Crippen molar-refractivity contribution in [2.24, 2.45) is 0 Å². The second-order valence-corrected chi connectivity index (χ2v) is 7.91. The fourth-order valence-corrected chi connectivity index (χ4v) is 4.08. The minimum atomic E-state index is -3.58. The second kappa shape index (κ2) is 7.48. The zero-order valence-corrected chi connectivity index (χ0v) is 15.4. The van der Waals surface area contributed by atoms with E-state index in [0.717, 1.165) is 11.4 Å². The van der Waals surface area contributed by atoms with Gasteiger partial charge in [-0.2, -0.15) is 4.31 Å². The number of aryl methyl sites for hydroxylation is 2. The zero-order chi connectivity index (χ0) is 18.7. The number of rotatable bonds is 4. The van der Waals surface area contributed by atoms with Crippen molar-refractivity contribution >= 4 is 21.9 Å². The number of anilines is 1. The number of nitrogens with zero attached hydrogens (tertiary/aromatic N) is 3. The largest absolute Gasteiger partial charge is 0.379 e. The molecule has 1 N–H and O–H groups in total. The maximum Gasteiger partial charge on any atom is 0.258 e. The van der Waals surface area contributed by atoms with Crippen molar-refractivity contribution in [2.45, 2.75) is 18.7 Å². The van der Waals surface area contributed by atoms with E-state index in [9.17, 15) is 13.2 Å². The molecule has 1 aliphatic rings. The molecule has 1 aromatic carbocycles. The van der Waals surface area contributed by atoms with Crippen LogP contribution >= 0.6 is 0 Å². The molecule has 8 nitrogen and oxygen atoms in total. The monoisotopic (exact) mass is 376 g/mol. The van der Waals surface area contributed by atoms with Crippen LogP contribution in [-0.4, -0.2) is 54.9 Å². The average molecular weight is 376 g/mol. The van der Waals surface area contributed by atoms with E-state index in [1.807, 2.05) is 13.8 Å². The van der Waals surface area contributed by atoms with Gasteiger partial charge in [0.05, 0.1) is 18.1 Å². The molecule has 0 saturated carbocycles. The van der Waals surface area contributed by atoms with Gasteiger partial charge in [-0.3, -0.25) is 10.1 Å². The molecule has 1 aliphatic heterocycles. The van der Waals surface area contributed by atoms with Crippen LogP contribution in [0.15, 0.2) is 35.2 Å². The second-order valence-electron chi connectivity index (χ2n) is 5.97. The highest BCUT2D eigenvalue weighted by Crippen LogP contribution is 2.18. The lowest BCUT2D eigenvalue weighted by molar-refractivity contribution is 0.0730. The van der Waals surface area contributed by atoms with Gasteiger partial charge in [0.1, 0.15) is 0 Å². The first-order valence-corrected chi connectivity index (χ1v) is 9.62. The Hall–Kier alpha value is -2.36. The number of aromatic nitrogens is 2. The van der Waals surface area contributed by atoms with Gasteiger partial charge < -0.3 is 4.74 Å². The Kier molecular flexibility index (Phi) is 5.30. The maximum absolute atomic E-state index is 12.6. The lowest BCUT2D eigenvalue weighted by Crippen LogP contribution is -2.40. The normalized spacial score (nSPS) is 15.6. The van der Waals surface area contributed by atoms with Gasteiger partial charge in [-0.25, -0.2) is 18.4 Å². The number of hydrogen-bond donors (Lipinski definition) is 1. The molecule has 3 rings (SSSR count). The number of ether oxygens (including phenoxy) is 1. The topological polar surface area (TPSA) is 101 Å². The quantitative estimate of drug-likeness (QED) is 0.865. The lowest BCUT2D eigenvalue weighted by atomic mass is 10.2. The summed E-state index contributed by atoms with van der Waals surface area (Å²) in [7, 11) is -3.58. The van der Waals surface area contributed by atoms with Crippen molar-refractivity contribution in [1.82, 2.24) is 14.3 Å². The molecule has 0 atom stereocenters. The van der Waals surface area contributed by atoms with Crippen molar-refractivity contribution in [1.29, 1.82) is 0 Å². The van der Waals surface area contributed by atoms with Gasteiger partial charge >= 0.3 is 0 Å². The summed E-state index contributed by atoms with van der Waals surface area (Å²) in [6.07, 6.45) is 0. The molecule has 138 valence electrons. The number of carbonyl (C=O) groups excluding carboxylic acids is 1. The van der Waals surface area contributed by atoms with E-state index in [4.69, 9.17) is 4.74 Å². The Labute approximate surface area is 152 Å². The first-order chi connectivity index (χ1) is 12.4. The van der Waals surface area contributed by atoms with Crippen LogP contribution in [0.5, 0.6) is 0 Å². The number of morpholine rings is 1. The maximum atomic E-state index is 12.6. The van der Waals surface area contributed by atoms with E-state index >= 15 is 0 Å². The third-order valence-electron chi connectivity index (χ3n) is 3.93. The van der Waals surface area contributed by atoms with Crippen molar-refractivity contribution in [2.75, 3.05) is 31.6 Å². The van der Waals surface area contributed by atoms with Gasteiger partial charge in [-0.05, 0) is 44.2 Å². The van der Waals surface area contributed by atoms with Gasteiger partial charge in [0.2, 0.25) is 16.0 Å². The Morgan fingerprint density at radius 3 is 2.23 bits per heavy atom. The summed E-state index contributed by atoms with van der Waals surface area (Å²) in [6.45, 7) is 5.06. The van der Waals surface area contributed by atoms with Crippen LogP contribution in [-0.2, 0) is 14.8 Å². The molecule has 2 aromatic rings. The van der Waals surface area contributed by atoms with Crippen LogP contribution in [0.1, 0.15) is 21.7 Å². The fourth-order valence-electron chi connectivity index (χ4n) is 2.67. The number of nitrogens with one attached hydrogen (secondary N) is 1. The van der Waals surface area contributed by atoms with E-state index < -0.39 is 15.9 Å². The van der Waals surface area contributed by atoms with Gasteiger partial charge in [-0.1, -0.05) is 0 Å². The molecule has 9 heteroatoms. The van der Waals surface area contributed by atoms with Crippen molar-refractivity contribution in [3.05, 3.63) is 47.3 Å². The summed E-state index contributed by atoms with van der Waals surface area (Å²) in [5.41, 5.74) is 1.83.